The summed E-state index contributed by atoms with van der Waals surface area (Å²) in [5, 5.41) is 3.15. The van der Waals surface area contributed by atoms with Crippen molar-refractivity contribution in [2.45, 2.75) is 16.1 Å². The molecule has 3 fully saturated rings. The number of benzene rings is 1. The van der Waals surface area contributed by atoms with Gasteiger partial charge in [0.15, 0.2) is 6.61 Å². The van der Waals surface area contributed by atoms with E-state index in [2.05, 4.69) is 37.2 Å². The number of anilines is 1. The standard InChI is InChI=1S/C19H16Br2Cl2N2O5/c20-16-8-4-9(17(16)21)15-14(8)18(28)25(19(15)29)5-13(27)30-6-12(26)24-11-3-7(22)1-2-10(11)23/h1-3,8-9,14-17H,4-6H2,(H,24,26)/t8-,9-,14-,15-,16+,17+/m1/s1. The summed E-state index contributed by atoms with van der Waals surface area (Å²) >= 11 is 19.1. The van der Waals surface area contributed by atoms with E-state index in [4.69, 9.17) is 27.9 Å². The summed E-state index contributed by atoms with van der Waals surface area (Å²) in [4.78, 5) is 51.0. The molecular weight excluding hydrogens is 567 g/mol. The van der Waals surface area contributed by atoms with Gasteiger partial charge in [0.05, 0.1) is 22.5 Å². The van der Waals surface area contributed by atoms with Crippen LogP contribution in [0.4, 0.5) is 5.69 Å². The molecule has 3 aliphatic rings. The Morgan fingerprint density at radius 2 is 1.70 bits per heavy atom. The number of nitrogens with one attached hydrogen (secondary N) is 1. The average Bonchev–Trinajstić information content (AvgIpc) is 3.30. The smallest absolute Gasteiger partial charge is 0.326 e. The molecule has 7 nitrogen and oxygen atoms in total. The Hall–Kier alpha value is -1.16. The number of nitrogens with zero attached hydrogens (tertiary/aromatic N) is 1. The summed E-state index contributed by atoms with van der Waals surface area (Å²) in [5.74, 6) is -2.80. The molecule has 2 saturated carbocycles. The second-order valence-electron chi connectivity index (χ2n) is 7.60. The van der Waals surface area contributed by atoms with Crippen molar-refractivity contribution in [3.05, 3.63) is 28.2 Å². The minimum atomic E-state index is -0.831. The van der Waals surface area contributed by atoms with Gasteiger partial charge in [0.1, 0.15) is 6.54 Å². The predicted molar refractivity (Wildman–Crippen MR) is 117 cm³/mol. The monoisotopic (exact) mass is 580 g/mol. The summed E-state index contributed by atoms with van der Waals surface area (Å²) in [6.07, 6.45) is 0.809. The van der Waals surface area contributed by atoms with Crippen LogP contribution in [0.1, 0.15) is 6.42 Å². The van der Waals surface area contributed by atoms with Crippen LogP contribution in [0.2, 0.25) is 10.0 Å². The lowest BCUT2D eigenvalue weighted by Gasteiger charge is -2.28. The van der Waals surface area contributed by atoms with Crippen LogP contribution in [-0.4, -0.2) is 51.4 Å². The van der Waals surface area contributed by atoms with E-state index in [1.165, 1.54) is 12.1 Å². The Kier molecular flexibility index (Phi) is 6.18. The lowest BCUT2D eigenvalue weighted by molar-refractivity contribution is -0.154. The van der Waals surface area contributed by atoms with Crippen molar-refractivity contribution in [2.24, 2.45) is 23.7 Å². The summed E-state index contributed by atoms with van der Waals surface area (Å²) in [7, 11) is 0. The Bertz CT molecular complexity index is 913. The molecule has 11 heteroatoms. The maximum absolute atomic E-state index is 12.8. The Labute approximate surface area is 199 Å². The second-order valence-corrected chi connectivity index (χ2v) is 10.6. The number of carbonyl (C=O) groups excluding carboxylic acids is 4. The zero-order valence-electron chi connectivity index (χ0n) is 15.3. The summed E-state index contributed by atoms with van der Waals surface area (Å²) in [6, 6.07) is 4.56. The first-order chi connectivity index (χ1) is 14.2. The highest BCUT2D eigenvalue weighted by atomic mass is 79.9. The van der Waals surface area contributed by atoms with Crippen LogP contribution in [0, 0.1) is 23.7 Å². The number of carbonyl (C=O) groups is 4. The Morgan fingerprint density at radius 1 is 1.10 bits per heavy atom. The molecule has 1 heterocycles. The van der Waals surface area contributed by atoms with Crippen LogP contribution < -0.4 is 5.32 Å². The number of halogens is 4. The van der Waals surface area contributed by atoms with Gasteiger partial charge in [0, 0.05) is 14.7 Å². The van der Waals surface area contributed by atoms with Crippen molar-refractivity contribution in [3.63, 3.8) is 0 Å². The number of likely N-dealkylation sites (tertiary alicyclic amines) is 1. The van der Waals surface area contributed by atoms with Crippen LogP contribution in [0.15, 0.2) is 18.2 Å². The summed E-state index contributed by atoms with van der Waals surface area (Å²) in [6.45, 7) is -1.09. The van der Waals surface area contributed by atoms with E-state index in [0.29, 0.717) is 5.02 Å². The average molecular weight is 583 g/mol. The van der Waals surface area contributed by atoms with Gasteiger partial charge in [0.2, 0.25) is 11.8 Å². The van der Waals surface area contributed by atoms with Crippen LogP contribution in [0.5, 0.6) is 0 Å². The number of ether oxygens (including phenoxy) is 1. The molecular formula is C19H16Br2Cl2N2O5. The lowest BCUT2D eigenvalue weighted by Crippen LogP contribution is -2.38. The minimum Gasteiger partial charge on any atom is -0.454 e. The van der Waals surface area contributed by atoms with Crippen molar-refractivity contribution in [2.75, 3.05) is 18.5 Å². The molecule has 2 bridgehead atoms. The molecule has 0 radical (unpaired) electrons. The van der Waals surface area contributed by atoms with E-state index in [1.54, 1.807) is 6.07 Å². The number of amides is 3. The van der Waals surface area contributed by atoms with Gasteiger partial charge in [-0.3, -0.25) is 24.1 Å². The Morgan fingerprint density at radius 3 is 2.30 bits per heavy atom. The molecule has 4 rings (SSSR count). The third kappa shape index (κ3) is 3.78. The van der Waals surface area contributed by atoms with Crippen LogP contribution >= 0.6 is 55.1 Å². The Balaban J connectivity index is 1.32. The first kappa shape index (κ1) is 22.0. The molecule has 0 aromatic heterocycles. The SMILES string of the molecule is O=C(COC(=O)CN1C(=O)[C@@H]2[C@H]3C[C@@H]([C@H](Br)[C@H]3Br)[C@H]2C1=O)Nc1cc(Cl)ccc1Cl. The van der Waals surface area contributed by atoms with Crippen LogP contribution in [0.25, 0.3) is 0 Å². The first-order valence-corrected chi connectivity index (χ1v) is 11.8. The van der Waals surface area contributed by atoms with E-state index < -0.39 is 36.9 Å². The number of hydrogen-bond acceptors (Lipinski definition) is 5. The fourth-order valence-corrected chi connectivity index (χ4v) is 6.88. The summed E-state index contributed by atoms with van der Waals surface area (Å²) < 4.78 is 4.95. The molecule has 160 valence electrons. The third-order valence-corrected chi connectivity index (χ3v) is 9.70. The molecule has 3 amide bonds. The molecule has 1 aromatic rings. The van der Waals surface area contributed by atoms with Crippen LogP contribution in [0.3, 0.4) is 0 Å². The van der Waals surface area contributed by atoms with Gasteiger partial charge < -0.3 is 10.1 Å². The molecule has 6 atom stereocenters. The van der Waals surface area contributed by atoms with Gasteiger partial charge in [-0.15, -0.1) is 0 Å². The normalized spacial score (nSPS) is 31.8. The molecule has 1 aliphatic heterocycles. The minimum absolute atomic E-state index is 0.0649. The fraction of sp³-hybridized carbons (Fsp3) is 0.474. The molecule has 1 saturated heterocycles. The van der Waals surface area contributed by atoms with E-state index in [1.807, 2.05) is 0 Å². The number of imide groups is 1. The number of alkyl halides is 2. The summed E-state index contributed by atoms with van der Waals surface area (Å²) in [5.41, 5.74) is 0.284. The van der Waals surface area contributed by atoms with Crippen molar-refractivity contribution in [1.82, 2.24) is 4.90 Å². The fourth-order valence-electron chi connectivity index (χ4n) is 4.67. The number of esters is 1. The quantitative estimate of drug-likeness (QED) is 0.327. The highest BCUT2D eigenvalue weighted by Crippen LogP contribution is 2.60. The van der Waals surface area contributed by atoms with Crippen molar-refractivity contribution < 1.29 is 23.9 Å². The zero-order valence-corrected chi connectivity index (χ0v) is 20.0. The maximum atomic E-state index is 12.8. The van der Waals surface area contributed by atoms with Gasteiger partial charge in [-0.05, 0) is 36.5 Å². The molecule has 0 unspecified atom stereocenters. The van der Waals surface area contributed by atoms with Gasteiger partial charge in [-0.2, -0.15) is 0 Å². The van der Waals surface area contributed by atoms with Crippen molar-refractivity contribution in [1.29, 1.82) is 0 Å². The predicted octanol–water partition coefficient (Wildman–Crippen LogP) is 3.25. The first-order valence-electron chi connectivity index (χ1n) is 9.23. The highest BCUT2D eigenvalue weighted by Gasteiger charge is 2.66. The lowest BCUT2D eigenvalue weighted by atomic mass is 9.81. The van der Waals surface area contributed by atoms with Gasteiger partial charge in [0.25, 0.3) is 5.91 Å². The maximum Gasteiger partial charge on any atom is 0.326 e. The third-order valence-electron chi connectivity index (χ3n) is 5.93. The van der Waals surface area contributed by atoms with Gasteiger partial charge in [-0.1, -0.05) is 55.1 Å². The molecule has 2 aliphatic carbocycles. The van der Waals surface area contributed by atoms with Crippen molar-refractivity contribution >= 4 is 84.4 Å². The number of fused-ring (bicyclic) bond motifs is 5. The van der Waals surface area contributed by atoms with E-state index >= 15 is 0 Å². The largest absolute Gasteiger partial charge is 0.454 e. The van der Waals surface area contributed by atoms with Gasteiger partial charge >= 0.3 is 5.97 Å². The molecule has 0 spiro atoms. The topological polar surface area (TPSA) is 92.8 Å². The van der Waals surface area contributed by atoms with Gasteiger partial charge in [-0.25, -0.2) is 0 Å². The van der Waals surface area contributed by atoms with E-state index in [-0.39, 0.29) is 44.0 Å². The molecule has 1 aromatic carbocycles. The highest BCUT2D eigenvalue weighted by molar-refractivity contribution is 9.12. The number of hydrogen-bond donors (Lipinski definition) is 1. The second kappa shape index (κ2) is 8.41. The molecule has 30 heavy (non-hydrogen) atoms. The van der Waals surface area contributed by atoms with Crippen molar-refractivity contribution in [3.8, 4) is 0 Å². The number of rotatable bonds is 5. The molecule has 1 N–H and O–H groups in total. The van der Waals surface area contributed by atoms with E-state index in [9.17, 15) is 19.2 Å². The zero-order chi connectivity index (χ0) is 21.7. The van der Waals surface area contributed by atoms with E-state index in [0.717, 1.165) is 11.3 Å². The van der Waals surface area contributed by atoms with Crippen LogP contribution in [-0.2, 0) is 23.9 Å².